The molecular formula is C18H15F3N2O4. The highest BCUT2D eigenvalue weighted by atomic mass is 19.4. The lowest BCUT2D eigenvalue weighted by Gasteiger charge is -2.15. The van der Waals surface area contributed by atoms with Gasteiger partial charge in [-0.15, -0.1) is 0 Å². The van der Waals surface area contributed by atoms with Gasteiger partial charge in [-0.3, -0.25) is 14.6 Å². The number of hydrogen-bond donors (Lipinski definition) is 1. The Hall–Kier alpha value is -3.10. The minimum absolute atomic E-state index is 0.145. The molecule has 0 radical (unpaired) electrons. The number of methoxy groups -OCH3 is 1. The second-order valence-electron chi connectivity index (χ2n) is 6.09. The summed E-state index contributed by atoms with van der Waals surface area (Å²) in [7, 11) is 2.79. The molecule has 6 nitrogen and oxygen atoms in total. The lowest BCUT2D eigenvalue weighted by Crippen LogP contribution is -2.25. The van der Waals surface area contributed by atoms with Crippen LogP contribution >= 0.6 is 0 Å². The maximum Gasteiger partial charge on any atom is 0.433 e. The van der Waals surface area contributed by atoms with Gasteiger partial charge in [-0.2, -0.15) is 13.2 Å². The molecule has 1 atom stereocenters. The van der Waals surface area contributed by atoms with Gasteiger partial charge in [0.2, 0.25) is 0 Å². The molecule has 9 heteroatoms. The molecular weight excluding hydrogens is 365 g/mol. The van der Waals surface area contributed by atoms with E-state index in [9.17, 15) is 22.8 Å². The van der Waals surface area contributed by atoms with E-state index in [1.807, 2.05) is 0 Å². The number of fused-ring (bicyclic) bond motifs is 3. The van der Waals surface area contributed by atoms with E-state index >= 15 is 0 Å². The molecule has 142 valence electrons. The molecule has 0 bridgehead atoms. The molecule has 0 fully saturated rings. The normalized spacial score (nSPS) is 16.0. The van der Waals surface area contributed by atoms with Crippen molar-refractivity contribution >= 4 is 11.7 Å². The van der Waals surface area contributed by atoms with E-state index in [-0.39, 0.29) is 22.4 Å². The van der Waals surface area contributed by atoms with Crippen LogP contribution in [0.2, 0.25) is 0 Å². The summed E-state index contributed by atoms with van der Waals surface area (Å²) in [6, 6.07) is 3.95. The van der Waals surface area contributed by atoms with Crippen molar-refractivity contribution in [3.63, 3.8) is 0 Å². The van der Waals surface area contributed by atoms with Crippen LogP contribution in [-0.4, -0.2) is 34.6 Å². The fraction of sp³-hybridized carbons (Fsp3) is 0.278. The fourth-order valence-corrected chi connectivity index (χ4v) is 3.07. The number of hydrogen-bond acceptors (Lipinski definition) is 4. The number of carboxylic acid groups (broad SMARTS) is 1. The average molecular weight is 380 g/mol. The van der Waals surface area contributed by atoms with Gasteiger partial charge < -0.3 is 14.4 Å². The van der Waals surface area contributed by atoms with E-state index in [4.69, 9.17) is 9.84 Å². The summed E-state index contributed by atoms with van der Waals surface area (Å²) in [6.45, 7) is 0. The Balaban J connectivity index is 2.41. The number of aryl methyl sites for hydroxylation is 1. The van der Waals surface area contributed by atoms with Gasteiger partial charge in [0.1, 0.15) is 11.5 Å². The van der Waals surface area contributed by atoms with Crippen molar-refractivity contribution in [1.82, 2.24) is 4.57 Å². The summed E-state index contributed by atoms with van der Waals surface area (Å²) in [5.41, 5.74) is -1.23. The highest BCUT2D eigenvalue weighted by molar-refractivity contribution is 6.10. The van der Waals surface area contributed by atoms with Crippen LogP contribution in [0.4, 0.5) is 13.2 Å². The predicted molar refractivity (Wildman–Crippen MR) is 91.3 cm³/mol. The number of ether oxygens (including phenoxy) is 1. The Bertz CT molecular complexity index is 1010. The number of alkyl halides is 3. The Kier molecular flexibility index (Phi) is 4.54. The van der Waals surface area contributed by atoms with Crippen molar-refractivity contribution in [2.45, 2.75) is 18.6 Å². The molecule has 2 aromatic rings. The van der Waals surface area contributed by atoms with Crippen molar-refractivity contribution in [1.29, 1.82) is 0 Å². The second kappa shape index (κ2) is 6.57. The third kappa shape index (κ3) is 3.44. The van der Waals surface area contributed by atoms with Crippen molar-refractivity contribution < 1.29 is 27.8 Å². The molecule has 1 N–H and O–H groups in total. The number of aliphatic carboxylic acids is 1. The van der Waals surface area contributed by atoms with Crippen molar-refractivity contribution in [3.8, 4) is 16.9 Å². The fourth-order valence-electron chi connectivity index (χ4n) is 3.07. The van der Waals surface area contributed by atoms with Crippen LogP contribution < -0.4 is 10.3 Å². The summed E-state index contributed by atoms with van der Waals surface area (Å²) in [5, 5.41) is 9.14. The first-order chi connectivity index (χ1) is 12.6. The van der Waals surface area contributed by atoms with Crippen LogP contribution in [0.1, 0.15) is 23.6 Å². The molecule has 0 saturated carbocycles. The third-order valence-electron chi connectivity index (χ3n) is 4.31. The largest absolute Gasteiger partial charge is 0.497 e. The monoisotopic (exact) mass is 380 g/mol. The quantitative estimate of drug-likeness (QED) is 0.888. The average Bonchev–Trinajstić information content (AvgIpc) is 2.70. The van der Waals surface area contributed by atoms with Crippen LogP contribution in [-0.2, 0) is 11.8 Å². The second-order valence-corrected chi connectivity index (χ2v) is 6.09. The summed E-state index contributed by atoms with van der Waals surface area (Å²) < 4.78 is 47.5. The lowest BCUT2D eigenvalue weighted by atomic mass is 9.93. The Morgan fingerprint density at radius 1 is 1.26 bits per heavy atom. The predicted octanol–water partition coefficient (Wildman–Crippen LogP) is 2.94. The Morgan fingerprint density at radius 2 is 1.96 bits per heavy atom. The number of aromatic nitrogens is 1. The van der Waals surface area contributed by atoms with E-state index in [1.165, 1.54) is 43.1 Å². The van der Waals surface area contributed by atoms with Crippen LogP contribution in [0.5, 0.6) is 5.75 Å². The minimum atomic E-state index is -4.82. The minimum Gasteiger partial charge on any atom is -0.497 e. The zero-order chi connectivity index (χ0) is 19.9. The summed E-state index contributed by atoms with van der Waals surface area (Å²) in [6.07, 6.45) is -4.10. The van der Waals surface area contributed by atoms with Gasteiger partial charge in [-0.25, -0.2) is 0 Å². The smallest absolute Gasteiger partial charge is 0.433 e. The standard InChI is InChI=1S/C18H15F3N2O4/c1-23-8-13-10-4-3-9(27-2)5-12(10)17(18(19,20)21)22-14(7-16(25)26)11(13)6-15(23)24/h3-6,8,14H,7H2,1-2H3,(H,25,26). The zero-order valence-corrected chi connectivity index (χ0v) is 14.4. The first-order valence-corrected chi connectivity index (χ1v) is 7.88. The van der Waals surface area contributed by atoms with Gasteiger partial charge in [0.25, 0.3) is 5.56 Å². The van der Waals surface area contributed by atoms with Crippen molar-refractivity contribution in [2.75, 3.05) is 7.11 Å². The van der Waals surface area contributed by atoms with E-state index in [1.54, 1.807) is 0 Å². The molecule has 3 rings (SSSR count). The van der Waals surface area contributed by atoms with Gasteiger partial charge in [0, 0.05) is 30.4 Å². The third-order valence-corrected chi connectivity index (χ3v) is 4.31. The number of pyridine rings is 1. The van der Waals surface area contributed by atoms with Gasteiger partial charge in [0.15, 0.2) is 0 Å². The van der Waals surface area contributed by atoms with Crippen LogP contribution in [0.15, 0.2) is 40.2 Å². The molecule has 0 aliphatic carbocycles. The Labute approximate surface area is 151 Å². The SMILES string of the molecule is COc1ccc2c(c1)C(C(F)(F)F)=NC(CC(=O)O)c1cc(=O)n(C)cc1-2. The summed E-state index contributed by atoms with van der Waals surface area (Å²) >= 11 is 0. The summed E-state index contributed by atoms with van der Waals surface area (Å²) in [5.74, 6) is -1.12. The lowest BCUT2D eigenvalue weighted by molar-refractivity contribution is -0.137. The highest BCUT2D eigenvalue weighted by Gasteiger charge is 2.41. The van der Waals surface area contributed by atoms with Gasteiger partial charge in [0.05, 0.1) is 19.6 Å². The molecule has 0 amide bonds. The topological polar surface area (TPSA) is 80.9 Å². The summed E-state index contributed by atoms with van der Waals surface area (Å²) in [4.78, 5) is 27.0. The highest BCUT2D eigenvalue weighted by Crippen LogP contribution is 2.41. The number of rotatable bonds is 3. The molecule has 1 aromatic carbocycles. The number of benzene rings is 1. The van der Waals surface area contributed by atoms with E-state index in [0.29, 0.717) is 5.56 Å². The van der Waals surface area contributed by atoms with Crippen LogP contribution in [0.25, 0.3) is 11.1 Å². The zero-order valence-electron chi connectivity index (χ0n) is 14.4. The molecule has 1 unspecified atom stereocenters. The molecule has 2 heterocycles. The molecule has 1 aliphatic heterocycles. The van der Waals surface area contributed by atoms with E-state index < -0.39 is 35.9 Å². The van der Waals surface area contributed by atoms with E-state index in [2.05, 4.69) is 4.99 Å². The number of nitrogens with zero attached hydrogens (tertiary/aromatic N) is 2. The maximum atomic E-state index is 13.7. The Morgan fingerprint density at radius 3 is 2.56 bits per heavy atom. The number of carboxylic acids is 1. The van der Waals surface area contributed by atoms with Crippen molar-refractivity contribution in [3.05, 3.63) is 51.9 Å². The molecule has 27 heavy (non-hydrogen) atoms. The molecule has 1 aliphatic rings. The molecule has 0 saturated heterocycles. The van der Waals surface area contributed by atoms with Crippen molar-refractivity contribution in [2.24, 2.45) is 12.0 Å². The number of carbonyl (C=O) groups is 1. The van der Waals surface area contributed by atoms with Gasteiger partial charge in [-0.1, -0.05) is 0 Å². The first-order valence-electron chi connectivity index (χ1n) is 7.88. The maximum absolute atomic E-state index is 13.7. The van der Waals surface area contributed by atoms with Crippen LogP contribution in [0, 0.1) is 0 Å². The first kappa shape index (κ1) is 18.7. The van der Waals surface area contributed by atoms with Gasteiger partial charge >= 0.3 is 12.1 Å². The van der Waals surface area contributed by atoms with E-state index in [0.717, 1.165) is 6.07 Å². The molecule has 1 aromatic heterocycles. The number of aliphatic imine (C=N–C) groups is 1. The number of halogens is 3. The van der Waals surface area contributed by atoms with Gasteiger partial charge in [-0.05, 0) is 29.3 Å². The molecule has 0 spiro atoms. The van der Waals surface area contributed by atoms with Crippen LogP contribution in [0.3, 0.4) is 0 Å².